The molecular formula is C25H27N3O3S. The van der Waals surface area contributed by atoms with Gasteiger partial charge in [-0.1, -0.05) is 55.5 Å². The number of nitrogens with zero attached hydrogens (tertiary/aromatic N) is 2. The highest BCUT2D eigenvalue weighted by Crippen LogP contribution is 2.36. The average molecular weight is 450 g/mol. The number of aromatic nitrogens is 2. The van der Waals surface area contributed by atoms with Crippen molar-refractivity contribution >= 4 is 21.6 Å². The maximum absolute atomic E-state index is 13.0. The van der Waals surface area contributed by atoms with Crippen molar-refractivity contribution in [3.05, 3.63) is 81.7 Å². The Morgan fingerprint density at radius 1 is 1.12 bits per heavy atom. The Balaban J connectivity index is 1.61. The molecule has 1 atom stereocenters. The lowest BCUT2D eigenvalue weighted by Gasteiger charge is -2.24. The van der Waals surface area contributed by atoms with Crippen LogP contribution in [-0.4, -0.2) is 40.2 Å². The number of aliphatic hydroxyl groups is 1. The Morgan fingerprint density at radius 3 is 2.62 bits per heavy atom. The van der Waals surface area contributed by atoms with Crippen LogP contribution in [-0.2, 0) is 6.54 Å². The van der Waals surface area contributed by atoms with Crippen LogP contribution in [0, 0.1) is 0 Å². The quantitative estimate of drug-likeness (QED) is 0.390. The van der Waals surface area contributed by atoms with E-state index in [0.29, 0.717) is 29.1 Å². The number of hydrogen-bond acceptors (Lipinski definition) is 6. The molecule has 0 spiro atoms. The normalized spacial score (nSPS) is 12.4. The molecule has 0 saturated carbocycles. The van der Waals surface area contributed by atoms with E-state index in [0.717, 1.165) is 35.4 Å². The number of hydrogen-bond donors (Lipinski definition) is 2. The molecule has 166 valence electrons. The molecule has 0 amide bonds. The fourth-order valence-electron chi connectivity index (χ4n) is 3.92. The van der Waals surface area contributed by atoms with Crippen LogP contribution in [0.15, 0.2) is 64.8 Å². The molecule has 2 aromatic heterocycles. The number of thiophene rings is 1. The van der Waals surface area contributed by atoms with Crippen molar-refractivity contribution in [1.29, 1.82) is 0 Å². The summed E-state index contributed by atoms with van der Waals surface area (Å²) < 4.78 is 5.48. The lowest BCUT2D eigenvalue weighted by molar-refractivity contribution is 0.107. The van der Waals surface area contributed by atoms with E-state index in [1.807, 2.05) is 60.0 Å². The molecule has 32 heavy (non-hydrogen) atoms. The van der Waals surface area contributed by atoms with Crippen molar-refractivity contribution in [2.75, 3.05) is 20.2 Å². The second kappa shape index (κ2) is 10.1. The highest BCUT2D eigenvalue weighted by Gasteiger charge is 2.18. The largest absolute Gasteiger partial charge is 0.496 e. The first kappa shape index (κ1) is 22.2. The first-order chi connectivity index (χ1) is 15.6. The number of ether oxygens (including phenoxy) is 1. The zero-order chi connectivity index (χ0) is 22.5. The number of rotatable bonds is 9. The van der Waals surface area contributed by atoms with Gasteiger partial charge in [-0.3, -0.25) is 9.69 Å². The van der Waals surface area contributed by atoms with Gasteiger partial charge < -0.3 is 14.8 Å². The summed E-state index contributed by atoms with van der Waals surface area (Å²) >= 11 is 1.45. The van der Waals surface area contributed by atoms with Crippen LogP contribution in [0.4, 0.5) is 0 Å². The molecule has 4 aromatic rings. The molecule has 0 radical (unpaired) electrons. The molecule has 0 bridgehead atoms. The topological polar surface area (TPSA) is 78.5 Å². The second-order valence-corrected chi connectivity index (χ2v) is 8.56. The summed E-state index contributed by atoms with van der Waals surface area (Å²) in [5.41, 5.74) is 2.42. The third-order valence-electron chi connectivity index (χ3n) is 5.42. The van der Waals surface area contributed by atoms with Crippen LogP contribution in [0.1, 0.15) is 30.8 Å². The third kappa shape index (κ3) is 4.75. The van der Waals surface area contributed by atoms with Gasteiger partial charge in [0.05, 0.1) is 25.1 Å². The lowest BCUT2D eigenvalue weighted by atomic mass is 10.1. The summed E-state index contributed by atoms with van der Waals surface area (Å²) in [4.78, 5) is 23.6. The van der Waals surface area contributed by atoms with E-state index in [-0.39, 0.29) is 5.56 Å². The number of aliphatic hydroxyl groups excluding tert-OH is 1. The zero-order valence-corrected chi connectivity index (χ0v) is 19.1. The molecule has 2 heterocycles. The molecule has 0 aliphatic rings. The zero-order valence-electron chi connectivity index (χ0n) is 18.2. The first-order valence-corrected chi connectivity index (χ1v) is 11.6. The molecule has 7 heteroatoms. The smallest absolute Gasteiger partial charge is 0.260 e. The molecule has 0 fully saturated rings. The van der Waals surface area contributed by atoms with Crippen LogP contribution in [0.5, 0.6) is 5.75 Å². The van der Waals surface area contributed by atoms with E-state index in [1.54, 1.807) is 7.11 Å². The van der Waals surface area contributed by atoms with Crippen LogP contribution >= 0.6 is 11.3 Å². The molecule has 2 N–H and O–H groups in total. The molecule has 4 rings (SSSR count). The van der Waals surface area contributed by atoms with Gasteiger partial charge in [0.25, 0.3) is 5.56 Å². The van der Waals surface area contributed by atoms with Crippen molar-refractivity contribution in [3.63, 3.8) is 0 Å². The maximum atomic E-state index is 13.0. The second-order valence-electron chi connectivity index (χ2n) is 7.70. The van der Waals surface area contributed by atoms with Crippen LogP contribution < -0.4 is 10.3 Å². The van der Waals surface area contributed by atoms with Gasteiger partial charge >= 0.3 is 0 Å². The SMILES string of the molecule is CCCN(Cc1nc2scc(-c3ccccc3OC)c2c(=O)[nH]1)CC(O)c1ccccc1. The van der Waals surface area contributed by atoms with Crippen LogP contribution in [0.25, 0.3) is 21.3 Å². The highest BCUT2D eigenvalue weighted by molar-refractivity contribution is 7.17. The van der Waals surface area contributed by atoms with Crippen molar-refractivity contribution in [2.45, 2.75) is 26.0 Å². The molecule has 0 saturated heterocycles. The standard InChI is InChI=1S/C25H27N3O3S/c1-3-13-28(14-20(29)17-9-5-4-6-10-17)15-22-26-24(30)23-19(16-32-25(23)27-22)18-11-7-8-12-21(18)31-2/h4-12,16,20,29H,3,13-15H2,1-2H3,(H,26,27,30). The molecule has 6 nitrogen and oxygen atoms in total. The van der Waals surface area contributed by atoms with E-state index in [4.69, 9.17) is 9.72 Å². The van der Waals surface area contributed by atoms with E-state index in [2.05, 4.69) is 16.8 Å². The van der Waals surface area contributed by atoms with Crippen LogP contribution in [0.2, 0.25) is 0 Å². The molecular weight excluding hydrogens is 422 g/mol. The van der Waals surface area contributed by atoms with Gasteiger partial charge in [0, 0.05) is 23.1 Å². The number of para-hydroxylation sites is 1. The van der Waals surface area contributed by atoms with E-state index in [9.17, 15) is 9.90 Å². The Bertz CT molecular complexity index is 1240. The van der Waals surface area contributed by atoms with E-state index >= 15 is 0 Å². The minimum absolute atomic E-state index is 0.160. The summed E-state index contributed by atoms with van der Waals surface area (Å²) in [5.74, 6) is 1.32. The fraction of sp³-hybridized carbons (Fsp3) is 0.280. The minimum Gasteiger partial charge on any atom is -0.496 e. The van der Waals surface area contributed by atoms with Gasteiger partial charge in [-0.15, -0.1) is 11.3 Å². The van der Waals surface area contributed by atoms with Crippen molar-refractivity contribution in [2.24, 2.45) is 0 Å². The molecule has 2 aromatic carbocycles. The van der Waals surface area contributed by atoms with Gasteiger partial charge in [-0.2, -0.15) is 0 Å². The number of methoxy groups -OCH3 is 1. The lowest BCUT2D eigenvalue weighted by Crippen LogP contribution is -2.30. The monoisotopic (exact) mass is 449 g/mol. The van der Waals surface area contributed by atoms with Gasteiger partial charge in [-0.05, 0) is 24.6 Å². The average Bonchev–Trinajstić information content (AvgIpc) is 3.24. The Kier molecular flexibility index (Phi) is 6.99. The third-order valence-corrected chi connectivity index (χ3v) is 6.29. The van der Waals surface area contributed by atoms with E-state index in [1.165, 1.54) is 11.3 Å². The predicted molar refractivity (Wildman–Crippen MR) is 129 cm³/mol. The Hall–Kier alpha value is -3.00. The Morgan fingerprint density at radius 2 is 1.88 bits per heavy atom. The fourth-order valence-corrected chi connectivity index (χ4v) is 4.88. The summed E-state index contributed by atoms with van der Waals surface area (Å²) in [7, 11) is 1.63. The molecule has 0 aliphatic carbocycles. The van der Waals surface area contributed by atoms with Crippen molar-refractivity contribution in [3.8, 4) is 16.9 Å². The highest BCUT2D eigenvalue weighted by atomic mass is 32.1. The van der Waals surface area contributed by atoms with Gasteiger partial charge in [-0.25, -0.2) is 4.98 Å². The Labute approximate surface area is 191 Å². The van der Waals surface area contributed by atoms with Crippen molar-refractivity contribution in [1.82, 2.24) is 14.9 Å². The van der Waals surface area contributed by atoms with Gasteiger partial charge in [0.1, 0.15) is 16.4 Å². The number of benzene rings is 2. The number of H-pyrrole nitrogens is 1. The predicted octanol–water partition coefficient (Wildman–Crippen LogP) is 4.61. The summed E-state index contributed by atoms with van der Waals surface area (Å²) in [6, 6.07) is 17.3. The summed E-state index contributed by atoms with van der Waals surface area (Å²) in [6.07, 6.45) is 0.336. The van der Waals surface area contributed by atoms with E-state index < -0.39 is 6.10 Å². The first-order valence-electron chi connectivity index (χ1n) is 10.7. The number of nitrogens with one attached hydrogen (secondary N) is 1. The molecule has 0 aliphatic heterocycles. The van der Waals surface area contributed by atoms with Crippen LogP contribution in [0.3, 0.4) is 0 Å². The molecule has 1 unspecified atom stereocenters. The minimum atomic E-state index is -0.600. The van der Waals surface area contributed by atoms with Gasteiger partial charge in [0.15, 0.2) is 0 Å². The van der Waals surface area contributed by atoms with Gasteiger partial charge in [0.2, 0.25) is 0 Å². The number of aromatic amines is 1. The summed E-state index contributed by atoms with van der Waals surface area (Å²) in [5, 5.41) is 13.2. The number of fused-ring (bicyclic) bond motifs is 1. The summed E-state index contributed by atoms with van der Waals surface area (Å²) in [6.45, 7) is 3.82. The maximum Gasteiger partial charge on any atom is 0.260 e. The van der Waals surface area contributed by atoms with Crippen molar-refractivity contribution < 1.29 is 9.84 Å².